The van der Waals surface area contributed by atoms with Crippen LogP contribution in [0.4, 0.5) is 0 Å². The molecular formula is C17H24N2O2. The van der Waals surface area contributed by atoms with Gasteiger partial charge in [0.2, 0.25) is 0 Å². The summed E-state index contributed by atoms with van der Waals surface area (Å²) >= 11 is 0. The third-order valence-corrected chi connectivity index (χ3v) is 4.98. The van der Waals surface area contributed by atoms with Crippen LogP contribution in [0.25, 0.3) is 0 Å². The van der Waals surface area contributed by atoms with E-state index in [0.29, 0.717) is 18.1 Å². The van der Waals surface area contributed by atoms with E-state index < -0.39 is 0 Å². The zero-order valence-electron chi connectivity index (χ0n) is 13.1. The smallest absolute Gasteiger partial charge is 0.254 e. The van der Waals surface area contributed by atoms with Crippen LogP contribution < -0.4 is 10.1 Å². The first-order valence-corrected chi connectivity index (χ1v) is 7.76. The van der Waals surface area contributed by atoms with Gasteiger partial charge in [0.1, 0.15) is 5.75 Å². The summed E-state index contributed by atoms with van der Waals surface area (Å²) in [4.78, 5) is 14.7. The van der Waals surface area contributed by atoms with Gasteiger partial charge in [-0.15, -0.1) is 0 Å². The van der Waals surface area contributed by atoms with E-state index in [1.165, 1.54) is 12.8 Å². The maximum atomic E-state index is 12.8. The van der Waals surface area contributed by atoms with Gasteiger partial charge in [-0.25, -0.2) is 0 Å². The molecule has 1 aromatic rings. The van der Waals surface area contributed by atoms with Crippen LogP contribution in [0.3, 0.4) is 0 Å². The number of hydrogen-bond acceptors (Lipinski definition) is 3. The van der Waals surface area contributed by atoms with E-state index in [1.54, 1.807) is 7.11 Å². The van der Waals surface area contributed by atoms with Crippen molar-refractivity contribution in [3.63, 3.8) is 0 Å². The number of fused-ring (bicyclic) bond motifs is 2. The minimum atomic E-state index is 0.126. The lowest BCUT2D eigenvalue weighted by atomic mass is 9.97. The molecule has 2 atom stereocenters. The Morgan fingerprint density at radius 1 is 1.29 bits per heavy atom. The Labute approximate surface area is 126 Å². The molecule has 2 saturated heterocycles. The topological polar surface area (TPSA) is 41.6 Å². The molecule has 2 heterocycles. The maximum absolute atomic E-state index is 12.8. The van der Waals surface area contributed by atoms with Crippen molar-refractivity contribution < 1.29 is 9.53 Å². The number of nitrogens with one attached hydrogen (secondary N) is 1. The number of benzene rings is 1. The van der Waals surface area contributed by atoms with Crippen molar-refractivity contribution in [3.8, 4) is 5.75 Å². The first-order valence-electron chi connectivity index (χ1n) is 7.76. The highest BCUT2D eigenvalue weighted by Gasteiger charge is 2.36. The SMILES string of the molecule is COc1ccc(C(=O)N(C)C2CC3CCC(C2)N3)c(C)c1. The zero-order chi connectivity index (χ0) is 15.0. The monoisotopic (exact) mass is 288 g/mol. The van der Waals surface area contributed by atoms with Gasteiger partial charge in [0.25, 0.3) is 5.91 Å². The van der Waals surface area contributed by atoms with Gasteiger partial charge < -0.3 is 15.0 Å². The highest BCUT2D eigenvalue weighted by atomic mass is 16.5. The molecule has 1 aromatic carbocycles. The number of ether oxygens (including phenoxy) is 1. The summed E-state index contributed by atoms with van der Waals surface area (Å²) < 4.78 is 5.21. The summed E-state index contributed by atoms with van der Waals surface area (Å²) in [6.45, 7) is 1.97. The molecule has 2 aliphatic heterocycles. The number of aryl methyl sites for hydroxylation is 1. The molecule has 0 saturated carbocycles. The van der Waals surface area contributed by atoms with Crippen molar-refractivity contribution in [1.82, 2.24) is 10.2 Å². The highest BCUT2D eigenvalue weighted by molar-refractivity contribution is 5.95. The lowest BCUT2D eigenvalue weighted by molar-refractivity contribution is 0.0681. The molecule has 0 spiro atoms. The Morgan fingerprint density at radius 3 is 2.52 bits per heavy atom. The summed E-state index contributed by atoms with van der Waals surface area (Å²) in [5.74, 6) is 0.924. The Morgan fingerprint density at radius 2 is 1.95 bits per heavy atom. The normalized spacial score (nSPS) is 27.5. The molecule has 4 nitrogen and oxygen atoms in total. The van der Waals surface area contributed by atoms with Gasteiger partial charge in [-0.05, 0) is 56.4 Å². The van der Waals surface area contributed by atoms with Gasteiger partial charge in [-0.2, -0.15) is 0 Å². The number of hydrogen-bond donors (Lipinski definition) is 1. The molecule has 2 unspecified atom stereocenters. The van der Waals surface area contributed by atoms with E-state index in [2.05, 4.69) is 5.32 Å². The van der Waals surface area contributed by atoms with Crippen molar-refractivity contribution in [2.45, 2.75) is 50.7 Å². The number of amides is 1. The van der Waals surface area contributed by atoms with Crippen LogP contribution in [-0.2, 0) is 0 Å². The number of carbonyl (C=O) groups is 1. The molecule has 1 N–H and O–H groups in total. The quantitative estimate of drug-likeness (QED) is 0.928. The molecule has 3 rings (SSSR count). The Kier molecular flexibility index (Phi) is 3.89. The van der Waals surface area contributed by atoms with E-state index in [4.69, 9.17) is 4.74 Å². The van der Waals surface area contributed by atoms with E-state index in [0.717, 1.165) is 29.7 Å². The average molecular weight is 288 g/mol. The van der Waals surface area contributed by atoms with Gasteiger partial charge in [0, 0.05) is 30.7 Å². The predicted molar refractivity (Wildman–Crippen MR) is 82.8 cm³/mol. The van der Waals surface area contributed by atoms with Crippen molar-refractivity contribution in [1.29, 1.82) is 0 Å². The van der Waals surface area contributed by atoms with Gasteiger partial charge in [0.15, 0.2) is 0 Å². The fraction of sp³-hybridized carbons (Fsp3) is 0.588. The van der Waals surface area contributed by atoms with Crippen molar-refractivity contribution in [2.24, 2.45) is 0 Å². The molecule has 0 aromatic heterocycles. The third kappa shape index (κ3) is 2.77. The second kappa shape index (κ2) is 5.68. The molecule has 0 radical (unpaired) electrons. The zero-order valence-corrected chi connectivity index (χ0v) is 13.1. The second-order valence-electron chi connectivity index (χ2n) is 6.36. The summed E-state index contributed by atoms with van der Waals surface area (Å²) in [6, 6.07) is 7.22. The average Bonchev–Trinajstić information content (AvgIpc) is 2.84. The standard InChI is InChI=1S/C17H24N2O2/c1-11-8-15(21-3)6-7-16(11)17(20)19(2)14-9-12-4-5-13(10-14)18-12/h6-8,12-14,18H,4-5,9-10H2,1-3H3. The van der Waals surface area contributed by atoms with Crippen molar-refractivity contribution in [3.05, 3.63) is 29.3 Å². The molecule has 4 heteroatoms. The number of nitrogens with zero attached hydrogens (tertiary/aromatic N) is 1. The summed E-state index contributed by atoms with van der Waals surface area (Å²) in [5, 5.41) is 3.63. The minimum Gasteiger partial charge on any atom is -0.497 e. The lowest BCUT2D eigenvalue weighted by Crippen LogP contribution is -2.48. The summed E-state index contributed by atoms with van der Waals surface area (Å²) in [5.41, 5.74) is 1.76. The van der Waals surface area contributed by atoms with Crippen LogP contribution in [0.1, 0.15) is 41.6 Å². The van der Waals surface area contributed by atoms with Crippen LogP contribution >= 0.6 is 0 Å². The van der Waals surface area contributed by atoms with E-state index in [1.807, 2.05) is 37.1 Å². The summed E-state index contributed by atoms with van der Waals surface area (Å²) in [6.07, 6.45) is 4.66. The fourth-order valence-corrected chi connectivity index (χ4v) is 3.70. The minimum absolute atomic E-state index is 0.126. The third-order valence-electron chi connectivity index (χ3n) is 4.98. The van der Waals surface area contributed by atoms with Gasteiger partial charge in [-0.3, -0.25) is 4.79 Å². The molecule has 2 bridgehead atoms. The molecule has 21 heavy (non-hydrogen) atoms. The second-order valence-corrected chi connectivity index (χ2v) is 6.36. The van der Waals surface area contributed by atoms with Gasteiger partial charge in [-0.1, -0.05) is 0 Å². The fourth-order valence-electron chi connectivity index (χ4n) is 3.70. The first-order chi connectivity index (χ1) is 10.1. The Balaban J connectivity index is 1.75. The molecule has 0 aliphatic carbocycles. The van der Waals surface area contributed by atoms with Crippen molar-refractivity contribution >= 4 is 5.91 Å². The van der Waals surface area contributed by atoms with Gasteiger partial charge in [0.05, 0.1) is 7.11 Å². The van der Waals surface area contributed by atoms with Crippen LogP contribution in [-0.4, -0.2) is 43.1 Å². The Hall–Kier alpha value is -1.55. The Bertz CT molecular complexity index is 532. The molecule has 2 fully saturated rings. The molecule has 114 valence electrons. The number of carbonyl (C=O) groups excluding carboxylic acids is 1. The number of rotatable bonds is 3. The predicted octanol–water partition coefficient (Wildman–Crippen LogP) is 2.36. The van der Waals surface area contributed by atoms with Crippen LogP contribution in [0.15, 0.2) is 18.2 Å². The first kappa shape index (κ1) is 14.4. The summed E-state index contributed by atoms with van der Waals surface area (Å²) in [7, 11) is 3.59. The van der Waals surface area contributed by atoms with Crippen LogP contribution in [0.5, 0.6) is 5.75 Å². The lowest BCUT2D eigenvalue weighted by Gasteiger charge is -2.35. The van der Waals surface area contributed by atoms with Crippen LogP contribution in [0.2, 0.25) is 0 Å². The van der Waals surface area contributed by atoms with Crippen LogP contribution in [0, 0.1) is 6.92 Å². The molecule has 2 aliphatic rings. The van der Waals surface area contributed by atoms with Crippen molar-refractivity contribution in [2.75, 3.05) is 14.2 Å². The molecular weight excluding hydrogens is 264 g/mol. The van der Waals surface area contributed by atoms with Gasteiger partial charge >= 0.3 is 0 Å². The molecule has 1 amide bonds. The maximum Gasteiger partial charge on any atom is 0.254 e. The van der Waals surface area contributed by atoms with E-state index >= 15 is 0 Å². The van der Waals surface area contributed by atoms with E-state index in [-0.39, 0.29) is 5.91 Å². The van der Waals surface area contributed by atoms with E-state index in [9.17, 15) is 4.79 Å². The highest BCUT2D eigenvalue weighted by Crippen LogP contribution is 2.30. The largest absolute Gasteiger partial charge is 0.497 e. The number of piperidine rings is 1. The number of methoxy groups -OCH3 is 1.